The SMILES string of the molecule is Cc1ccc(S(=O)(=O)N[C@@H]2CCCc3ccccc32)cc1. The van der Waals surface area contributed by atoms with Crippen molar-refractivity contribution < 1.29 is 8.42 Å². The summed E-state index contributed by atoms with van der Waals surface area (Å²) in [5.74, 6) is 0. The van der Waals surface area contributed by atoms with Gasteiger partial charge in [-0.25, -0.2) is 13.1 Å². The summed E-state index contributed by atoms with van der Waals surface area (Å²) in [5.41, 5.74) is 3.41. The van der Waals surface area contributed by atoms with E-state index in [2.05, 4.69) is 10.8 Å². The van der Waals surface area contributed by atoms with E-state index in [0.29, 0.717) is 4.90 Å². The number of nitrogens with one attached hydrogen (secondary N) is 1. The van der Waals surface area contributed by atoms with E-state index in [-0.39, 0.29) is 6.04 Å². The number of aryl methyl sites for hydroxylation is 2. The standard InChI is InChI=1S/C17H19NO2S/c1-13-9-11-15(12-10-13)21(19,20)18-17-8-4-6-14-5-2-3-7-16(14)17/h2-3,5,7,9-12,17-18H,4,6,8H2,1H3/t17-/m1/s1. The normalized spacial score (nSPS) is 18.2. The fourth-order valence-corrected chi connectivity index (χ4v) is 4.10. The van der Waals surface area contributed by atoms with Gasteiger partial charge in [-0.2, -0.15) is 0 Å². The first-order valence-electron chi connectivity index (χ1n) is 7.23. The molecule has 0 spiro atoms. The minimum absolute atomic E-state index is 0.124. The van der Waals surface area contributed by atoms with Gasteiger partial charge in [0.15, 0.2) is 0 Å². The maximum absolute atomic E-state index is 12.5. The van der Waals surface area contributed by atoms with Crippen LogP contribution < -0.4 is 4.72 Å². The summed E-state index contributed by atoms with van der Waals surface area (Å²) in [6.45, 7) is 1.95. The van der Waals surface area contributed by atoms with Crippen LogP contribution in [0.15, 0.2) is 53.4 Å². The second-order valence-electron chi connectivity index (χ2n) is 5.58. The van der Waals surface area contributed by atoms with Crippen LogP contribution in [0.1, 0.15) is 35.6 Å². The maximum Gasteiger partial charge on any atom is 0.241 e. The Hall–Kier alpha value is -1.65. The molecule has 0 aliphatic heterocycles. The van der Waals surface area contributed by atoms with E-state index in [0.717, 1.165) is 30.4 Å². The highest BCUT2D eigenvalue weighted by atomic mass is 32.2. The molecule has 0 fully saturated rings. The van der Waals surface area contributed by atoms with Gasteiger partial charge in [-0.3, -0.25) is 0 Å². The molecule has 0 saturated heterocycles. The zero-order valence-corrected chi connectivity index (χ0v) is 12.9. The van der Waals surface area contributed by atoms with Crippen LogP contribution in [-0.2, 0) is 16.4 Å². The molecule has 3 nitrogen and oxygen atoms in total. The topological polar surface area (TPSA) is 46.2 Å². The maximum atomic E-state index is 12.5. The molecule has 1 aliphatic carbocycles. The van der Waals surface area contributed by atoms with Gasteiger partial charge < -0.3 is 0 Å². The van der Waals surface area contributed by atoms with Crippen LogP contribution in [0.25, 0.3) is 0 Å². The first kappa shape index (κ1) is 14.3. The molecule has 1 atom stereocenters. The van der Waals surface area contributed by atoms with E-state index >= 15 is 0 Å². The van der Waals surface area contributed by atoms with E-state index in [1.165, 1.54) is 5.56 Å². The summed E-state index contributed by atoms with van der Waals surface area (Å²) in [6, 6.07) is 14.9. The Kier molecular flexibility index (Phi) is 3.83. The van der Waals surface area contributed by atoms with E-state index < -0.39 is 10.0 Å². The molecule has 0 radical (unpaired) electrons. The Morgan fingerprint density at radius 1 is 1.05 bits per heavy atom. The molecule has 110 valence electrons. The van der Waals surface area contributed by atoms with Crippen molar-refractivity contribution in [2.24, 2.45) is 0 Å². The van der Waals surface area contributed by atoms with Gasteiger partial charge in [0.2, 0.25) is 10.0 Å². The van der Waals surface area contributed by atoms with Gasteiger partial charge in [0.1, 0.15) is 0 Å². The molecule has 1 aliphatic rings. The Balaban J connectivity index is 1.88. The van der Waals surface area contributed by atoms with Crippen molar-refractivity contribution in [3.63, 3.8) is 0 Å². The molecule has 0 unspecified atom stereocenters. The minimum atomic E-state index is -3.47. The lowest BCUT2D eigenvalue weighted by atomic mass is 9.88. The third-order valence-electron chi connectivity index (χ3n) is 4.00. The first-order valence-corrected chi connectivity index (χ1v) is 8.71. The molecule has 21 heavy (non-hydrogen) atoms. The van der Waals surface area contributed by atoms with Crippen molar-refractivity contribution in [3.8, 4) is 0 Å². The molecular formula is C17H19NO2S. The Morgan fingerprint density at radius 3 is 2.52 bits per heavy atom. The summed E-state index contributed by atoms with van der Waals surface area (Å²) in [5, 5.41) is 0. The van der Waals surface area contributed by atoms with E-state index in [1.54, 1.807) is 12.1 Å². The van der Waals surface area contributed by atoms with Crippen LogP contribution in [0, 0.1) is 6.92 Å². The molecular weight excluding hydrogens is 282 g/mol. The van der Waals surface area contributed by atoms with Crippen LogP contribution in [0.3, 0.4) is 0 Å². The zero-order valence-electron chi connectivity index (χ0n) is 12.0. The smallest absolute Gasteiger partial charge is 0.207 e. The van der Waals surface area contributed by atoms with Crippen LogP contribution in [0.2, 0.25) is 0 Å². The van der Waals surface area contributed by atoms with Crippen molar-refractivity contribution >= 4 is 10.0 Å². The zero-order chi connectivity index (χ0) is 14.9. The number of fused-ring (bicyclic) bond motifs is 1. The van der Waals surface area contributed by atoms with Crippen molar-refractivity contribution in [2.45, 2.75) is 37.1 Å². The summed E-state index contributed by atoms with van der Waals surface area (Å²) in [6.07, 6.45) is 2.89. The van der Waals surface area contributed by atoms with Gasteiger partial charge in [-0.05, 0) is 49.4 Å². The van der Waals surface area contributed by atoms with Gasteiger partial charge in [-0.1, -0.05) is 42.0 Å². The Labute approximate surface area is 126 Å². The number of hydrogen-bond donors (Lipinski definition) is 1. The fraction of sp³-hybridized carbons (Fsp3) is 0.294. The van der Waals surface area contributed by atoms with E-state index in [9.17, 15) is 8.42 Å². The highest BCUT2D eigenvalue weighted by Gasteiger charge is 2.25. The Morgan fingerprint density at radius 2 is 1.76 bits per heavy atom. The average Bonchev–Trinajstić information content (AvgIpc) is 2.48. The lowest BCUT2D eigenvalue weighted by Gasteiger charge is -2.26. The summed E-state index contributed by atoms with van der Waals surface area (Å²) < 4.78 is 27.9. The van der Waals surface area contributed by atoms with E-state index in [4.69, 9.17) is 0 Å². The number of rotatable bonds is 3. The molecule has 0 saturated carbocycles. The second kappa shape index (κ2) is 5.62. The number of sulfonamides is 1. The van der Waals surface area contributed by atoms with Crippen molar-refractivity contribution in [2.75, 3.05) is 0 Å². The lowest BCUT2D eigenvalue weighted by molar-refractivity contribution is 0.507. The number of benzene rings is 2. The predicted octanol–water partition coefficient (Wildman–Crippen LogP) is 3.35. The number of hydrogen-bond acceptors (Lipinski definition) is 2. The molecule has 2 aromatic carbocycles. The highest BCUT2D eigenvalue weighted by molar-refractivity contribution is 7.89. The van der Waals surface area contributed by atoms with Gasteiger partial charge in [0.05, 0.1) is 4.90 Å². The first-order chi connectivity index (χ1) is 10.1. The quantitative estimate of drug-likeness (QED) is 0.945. The monoisotopic (exact) mass is 301 g/mol. The third-order valence-corrected chi connectivity index (χ3v) is 5.49. The van der Waals surface area contributed by atoms with Crippen LogP contribution in [-0.4, -0.2) is 8.42 Å². The van der Waals surface area contributed by atoms with Crippen LogP contribution >= 0.6 is 0 Å². The predicted molar refractivity (Wildman–Crippen MR) is 83.6 cm³/mol. The fourth-order valence-electron chi connectivity index (χ4n) is 2.85. The van der Waals surface area contributed by atoms with Gasteiger partial charge in [0, 0.05) is 6.04 Å². The third kappa shape index (κ3) is 3.01. The summed E-state index contributed by atoms with van der Waals surface area (Å²) in [7, 11) is -3.47. The summed E-state index contributed by atoms with van der Waals surface area (Å²) in [4.78, 5) is 0.330. The largest absolute Gasteiger partial charge is 0.241 e. The van der Waals surface area contributed by atoms with Gasteiger partial charge in [-0.15, -0.1) is 0 Å². The molecule has 3 rings (SSSR count). The molecule has 0 aromatic heterocycles. The molecule has 0 bridgehead atoms. The van der Waals surface area contributed by atoms with Crippen LogP contribution in [0.4, 0.5) is 0 Å². The van der Waals surface area contributed by atoms with Crippen molar-refractivity contribution in [1.82, 2.24) is 4.72 Å². The van der Waals surface area contributed by atoms with Crippen LogP contribution in [0.5, 0.6) is 0 Å². The van der Waals surface area contributed by atoms with E-state index in [1.807, 2.05) is 37.3 Å². The van der Waals surface area contributed by atoms with Gasteiger partial charge >= 0.3 is 0 Å². The molecule has 4 heteroatoms. The molecule has 0 heterocycles. The molecule has 1 N–H and O–H groups in total. The highest BCUT2D eigenvalue weighted by Crippen LogP contribution is 2.30. The minimum Gasteiger partial charge on any atom is -0.207 e. The molecule has 2 aromatic rings. The van der Waals surface area contributed by atoms with Gasteiger partial charge in [0.25, 0.3) is 0 Å². The Bertz CT molecular complexity index is 736. The summed E-state index contributed by atoms with van der Waals surface area (Å²) >= 11 is 0. The lowest BCUT2D eigenvalue weighted by Crippen LogP contribution is -2.31. The average molecular weight is 301 g/mol. The second-order valence-corrected chi connectivity index (χ2v) is 7.29. The van der Waals surface area contributed by atoms with Crippen molar-refractivity contribution in [3.05, 3.63) is 65.2 Å². The molecule has 0 amide bonds. The van der Waals surface area contributed by atoms with Crippen molar-refractivity contribution in [1.29, 1.82) is 0 Å².